The fourth-order valence-electron chi connectivity index (χ4n) is 2.60. The van der Waals surface area contributed by atoms with Gasteiger partial charge >= 0.3 is 0 Å². The van der Waals surface area contributed by atoms with Gasteiger partial charge in [0, 0.05) is 17.9 Å². The highest BCUT2D eigenvalue weighted by atomic mass is 16.5. The summed E-state index contributed by atoms with van der Waals surface area (Å²) in [6.07, 6.45) is 2.09. The quantitative estimate of drug-likeness (QED) is 0.860. The van der Waals surface area contributed by atoms with Crippen LogP contribution in [0.4, 0.5) is 0 Å². The Morgan fingerprint density at radius 1 is 1.43 bits per heavy atom. The Kier molecular flexibility index (Phi) is 3.87. The van der Waals surface area contributed by atoms with E-state index in [0.717, 1.165) is 24.2 Å². The minimum Gasteiger partial charge on any atom is -0.493 e. The molecule has 2 unspecified atom stereocenters. The van der Waals surface area contributed by atoms with Crippen LogP contribution >= 0.6 is 0 Å². The first-order valence-electron chi connectivity index (χ1n) is 7.21. The first-order chi connectivity index (χ1) is 10.3. The van der Waals surface area contributed by atoms with Crippen molar-refractivity contribution < 1.29 is 9.26 Å². The topological polar surface area (TPSA) is 71.9 Å². The minimum atomic E-state index is 0.112. The second-order valence-electron chi connectivity index (χ2n) is 5.32. The van der Waals surface area contributed by atoms with Crippen molar-refractivity contribution in [2.45, 2.75) is 38.0 Å². The molecule has 0 saturated heterocycles. The van der Waals surface area contributed by atoms with E-state index >= 15 is 0 Å². The molecule has 0 aliphatic carbocycles. The summed E-state index contributed by atoms with van der Waals surface area (Å²) in [5, 5.41) is 12.8. The summed E-state index contributed by atoms with van der Waals surface area (Å²) in [5.74, 6) is 2.46. The monoisotopic (exact) mass is 283 g/mol. The van der Waals surface area contributed by atoms with Crippen molar-refractivity contribution in [1.29, 1.82) is 5.26 Å². The average molecular weight is 283 g/mol. The van der Waals surface area contributed by atoms with Gasteiger partial charge in [-0.2, -0.15) is 10.2 Å². The van der Waals surface area contributed by atoms with Crippen LogP contribution < -0.4 is 4.74 Å². The molecule has 0 N–H and O–H groups in total. The number of benzene rings is 1. The van der Waals surface area contributed by atoms with Gasteiger partial charge in [0.1, 0.15) is 5.75 Å². The van der Waals surface area contributed by atoms with Crippen LogP contribution in [0.1, 0.15) is 55.3 Å². The van der Waals surface area contributed by atoms with Gasteiger partial charge in [0.05, 0.1) is 18.6 Å². The van der Waals surface area contributed by atoms with Gasteiger partial charge in [0.2, 0.25) is 5.89 Å². The van der Waals surface area contributed by atoms with Crippen molar-refractivity contribution in [3.8, 4) is 11.8 Å². The summed E-state index contributed by atoms with van der Waals surface area (Å²) >= 11 is 0. The zero-order valence-electron chi connectivity index (χ0n) is 12.0. The van der Waals surface area contributed by atoms with Gasteiger partial charge < -0.3 is 9.26 Å². The lowest BCUT2D eigenvalue weighted by molar-refractivity contribution is 0.272. The molecule has 1 aliphatic rings. The number of para-hydroxylation sites is 1. The van der Waals surface area contributed by atoms with Gasteiger partial charge in [-0.1, -0.05) is 30.3 Å². The summed E-state index contributed by atoms with van der Waals surface area (Å²) < 4.78 is 11.0. The zero-order valence-corrected chi connectivity index (χ0v) is 12.0. The molecular formula is C16H17N3O2. The highest BCUT2D eigenvalue weighted by Crippen LogP contribution is 2.37. The molecule has 0 bridgehead atoms. The predicted molar refractivity (Wildman–Crippen MR) is 76.0 cm³/mol. The predicted octanol–water partition coefficient (Wildman–Crippen LogP) is 3.39. The van der Waals surface area contributed by atoms with Crippen molar-refractivity contribution in [3.05, 3.63) is 41.5 Å². The zero-order chi connectivity index (χ0) is 14.7. The van der Waals surface area contributed by atoms with Gasteiger partial charge in [-0.15, -0.1) is 0 Å². The SMILES string of the molecule is CC(CCC#N)c1nc(C2CCOc3ccccc32)no1. The second kappa shape index (κ2) is 5.96. The molecule has 1 aliphatic heterocycles. The second-order valence-corrected chi connectivity index (χ2v) is 5.32. The van der Waals surface area contributed by atoms with Crippen LogP contribution in [0.2, 0.25) is 0 Å². The summed E-state index contributed by atoms with van der Waals surface area (Å²) in [6.45, 7) is 2.67. The third kappa shape index (κ3) is 2.75. The van der Waals surface area contributed by atoms with Crippen molar-refractivity contribution in [2.75, 3.05) is 6.61 Å². The Labute approximate surface area is 123 Å². The normalized spacial score (nSPS) is 18.4. The molecule has 0 saturated carbocycles. The molecule has 0 amide bonds. The van der Waals surface area contributed by atoms with Crippen molar-refractivity contribution in [2.24, 2.45) is 0 Å². The number of fused-ring (bicyclic) bond motifs is 1. The number of nitrogens with zero attached hydrogens (tertiary/aromatic N) is 3. The van der Waals surface area contributed by atoms with Crippen LogP contribution in [-0.2, 0) is 0 Å². The Balaban J connectivity index is 1.83. The van der Waals surface area contributed by atoms with Gasteiger partial charge in [0.25, 0.3) is 0 Å². The molecule has 0 spiro atoms. The molecule has 1 aromatic heterocycles. The highest BCUT2D eigenvalue weighted by Gasteiger charge is 2.27. The largest absolute Gasteiger partial charge is 0.493 e. The molecule has 2 atom stereocenters. The van der Waals surface area contributed by atoms with Crippen LogP contribution in [0.3, 0.4) is 0 Å². The Morgan fingerprint density at radius 3 is 3.14 bits per heavy atom. The highest BCUT2D eigenvalue weighted by molar-refractivity contribution is 5.40. The van der Waals surface area contributed by atoms with E-state index < -0.39 is 0 Å². The van der Waals surface area contributed by atoms with Crippen LogP contribution in [0.5, 0.6) is 5.75 Å². The lowest BCUT2D eigenvalue weighted by Crippen LogP contribution is -2.16. The van der Waals surface area contributed by atoms with Crippen molar-refractivity contribution in [3.63, 3.8) is 0 Å². The molecule has 108 valence electrons. The van der Waals surface area contributed by atoms with Crippen LogP contribution in [0.15, 0.2) is 28.8 Å². The maximum Gasteiger partial charge on any atom is 0.229 e. The molecule has 5 nitrogen and oxygen atoms in total. The molecule has 0 radical (unpaired) electrons. The average Bonchev–Trinajstić information content (AvgIpc) is 3.02. The number of nitriles is 1. The van der Waals surface area contributed by atoms with Gasteiger partial charge in [0.15, 0.2) is 5.82 Å². The maximum absolute atomic E-state index is 8.65. The maximum atomic E-state index is 8.65. The first-order valence-corrected chi connectivity index (χ1v) is 7.21. The molecule has 21 heavy (non-hydrogen) atoms. The van der Waals surface area contributed by atoms with Gasteiger partial charge in [-0.05, 0) is 18.9 Å². The van der Waals surface area contributed by atoms with E-state index in [1.54, 1.807) is 0 Å². The van der Waals surface area contributed by atoms with E-state index in [1.165, 1.54) is 0 Å². The van der Waals surface area contributed by atoms with E-state index in [1.807, 2.05) is 31.2 Å². The van der Waals surface area contributed by atoms with Crippen molar-refractivity contribution >= 4 is 0 Å². The molecule has 0 fully saturated rings. The van der Waals surface area contributed by atoms with E-state index in [0.29, 0.717) is 24.7 Å². The lowest BCUT2D eigenvalue weighted by Gasteiger charge is -2.23. The summed E-state index contributed by atoms with van der Waals surface area (Å²) in [4.78, 5) is 4.54. The Bertz CT molecular complexity index is 660. The summed E-state index contributed by atoms with van der Waals surface area (Å²) in [6, 6.07) is 10.1. The molecule has 1 aromatic carbocycles. The number of hydrogen-bond donors (Lipinski definition) is 0. The van der Waals surface area contributed by atoms with Crippen molar-refractivity contribution in [1.82, 2.24) is 10.1 Å². The lowest BCUT2D eigenvalue weighted by atomic mass is 9.92. The van der Waals surface area contributed by atoms with E-state index in [-0.39, 0.29) is 11.8 Å². The molecule has 2 aromatic rings. The van der Waals surface area contributed by atoms with Gasteiger partial charge in [-0.25, -0.2) is 0 Å². The Morgan fingerprint density at radius 2 is 2.29 bits per heavy atom. The van der Waals surface area contributed by atoms with E-state index in [4.69, 9.17) is 14.5 Å². The number of hydrogen-bond acceptors (Lipinski definition) is 5. The number of rotatable bonds is 4. The fraction of sp³-hybridized carbons (Fsp3) is 0.438. The first kappa shape index (κ1) is 13.6. The molecule has 2 heterocycles. The third-order valence-electron chi connectivity index (χ3n) is 3.84. The summed E-state index contributed by atoms with van der Waals surface area (Å²) in [5.41, 5.74) is 1.11. The third-order valence-corrected chi connectivity index (χ3v) is 3.84. The van der Waals surface area contributed by atoms with Crippen LogP contribution in [0, 0.1) is 11.3 Å². The standard InChI is InChI=1S/C16H17N3O2/c1-11(5-4-9-17)16-18-15(19-21-16)13-8-10-20-14-7-3-2-6-12(13)14/h2-3,6-7,11,13H,4-5,8,10H2,1H3. The van der Waals surface area contributed by atoms with Crippen LogP contribution in [-0.4, -0.2) is 16.7 Å². The smallest absolute Gasteiger partial charge is 0.229 e. The van der Waals surface area contributed by atoms with E-state index in [2.05, 4.69) is 16.2 Å². The number of ether oxygens (including phenoxy) is 1. The molecule has 3 rings (SSSR count). The fourth-order valence-corrected chi connectivity index (χ4v) is 2.60. The molecular weight excluding hydrogens is 266 g/mol. The Hall–Kier alpha value is -2.35. The van der Waals surface area contributed by atoms with Crippen LogP contribution in [0.25, 0.3) is 0 Å². The summed E-state index contributed by atoms with van der Waals surface area (Å²) in [7, 11) is 0. The molecule has 5 heteroatoms. The minimum absolute atomic E-state index is 0.112. The van der Waals surface area contributed by atoms with Gasteiger partial charge in [-0.3, -0.25) is 0 Å². The van der Waals surface area contributed by atoms with E-state index in [9.17, 15) is 0 Å². The number of aromatic nitrogens is 2.